The maximum absolute atomic E-state index is 11.9. The molecule has 4 aromatic rings. The predicted octanol–water partition coefficient (Wildman–Crippen LogP) is 5.83. The first-order valence-corrected chi connectivity index (χ1v) is 15.9. The molecule has 1 aliphatic heterocycles. The lowest BCUT2D eigenvalue weighted by Gasteiger charge is -2.37. The zero-order valence-electron chi connectivity index (χ0n) is 26.4. The van der Waals surface area contributed by atoms with Gasteiger partial charge in [0.05, 0.1) is 19.3 Å². The van der Waals surface area contributed by atoms with Gasteiger partial charge in [-0.15, -0.1) is 0 Å². The van der Waals surface area contributed by atoms with Gasteiger partial charge in [0.2, 0.25) is 17.6 Å². The van der Waals surface area contributed by atoms with E-state index in [1.165, 1.54) is 5.56 Å². The van der Waals surface area contributed by atoms with E-state index in [2.05, 4.69) is 90.3 Å². The van der Waals surface area contributed by atoms with Crippen molar-refractivity contribution in [1.29, 1.82) is 0 Å². The van der Waals surface area contributed by atoms with Crippen LogP contribution in [0.1, 0.15) is 78.8 Å². The number of nitrogens with one attached hydrogen (secondary N) is 1. The van der Waals surface area contributed by atoms with Crippen LogP contribution < -0.4 is 15.6 Å². The highest BCUT2D eigenvalue weighted by Crippen LogP contribution is 2.37. The quantitative estimate of drug-likeness (QED) is 0.205. The van der Waals surface area contributed by atoms with E-state index in [-0.39, 0.29) is 17.9 Å². The minimum absolute atomic E-state index is 0.0144. The summed E-state index contributed by atoms with van der Waals surface area (Å²) in [7, 11) is 0. The molecule has 0 bridgehead atoms. The SMILES string of the molecule is CCCC(C)[C@@H](C)N(CC)c1nc(-c2noc(=O)[nH]2)nc2nc(N3CCOC[C@H]3c3ccccc3)n(C[C@H](C)CCC)c12. The molecule has 232 valence electrons. The first-order chi connectivity index (χ1) is 20.9. The zero-order chi connectivity index (χ0) is 30.5. The summed E-state index contributed by atoms with van der Waals surface area (Å²) in [5.74, 6) is 2.38. The number of hydrogen-bond acceptors (Lipinski definition) is 9. The fourth-order valence-electron chi connectivity index (χ4n) is 6.36. The second-order valence-corrected chi connectivity index (χ2v) is 11.9. The van der Waals surface area contributed by atoms with E-state index in [1.54, 1.807) is 0 Å². The molecular weight excluding hydrogens is 544 g/mol. The molecule has 1 aliphatic rings. The first-order valence-electron chi connectivity index (χ1n) is 15.9. The van der Waals surface area contributed by atoms with Crippen LogP contribution in [0.3, 0.4) is 0 Å². The Morgan fingerprint density at radius 2 is 1.81 bits per heavy atom. The molecule has 11 nitrogen and oxygen atoms in total. The molecular formula is C32H46N8O3. The standard InChI is InChI=1S/C32H46N8O3/c1-7-13-21(4)19-40-26-27(35-31(40)39-17-18-42-20-25(39)24-15-11-10-12-16-24)33-28(29-36-32(41)43-37-29)34-30(26)38(9-3)23(6)22(5)14-8-2/h10-12,15-16,21-23,25H,7-9,13-14,17-20H2,1-6H3,(H,36,37,41)/t21-,22?,23-,25+/m1/s1. The number of H-pyrrole nitrogens is 1. The average Bonchev–Trinajstić information content (AvgIpc) is 3.61. The number of ether oxygens (including phenoxy) is 1. The molecule has 5 rings (SSSR count). The summed E-state index contributed by atoms with van der Waals surface area (Å²) in [5.41, 5.74) is 2.67. The highest BCUT2D eigenvalue weighted by molar-refractivity contribution is 5.88. The maximum atomic E-state index is 11.9. The van der Waals surface area contributed by atoms with Gasteiger partial charge in [-0.25, -0.2) is 14.8 Å². The molecule has 0 amide bonds. The largest absolute Gasteiger partial charge is 0.439 e. The second kappa shape index (κ2) is 13.7. The summed E-state index contributed by atoms with van der Waals surface area (Å²) in [6, 6.07) is 10.7. The Hall–Kier alpha value is -3.73. The van der Waals surface area contributed by atoms with Gasteiger partial charge < -0.3 is 19.1 Å². The van der Waals surface area contributed by atoms with Gasteiger partial charge in [-0.05, 0) is 44.1 Å². The molecule has 3 aromatic heterocycles. The number of fused-ring (bicyclic) bond motifs is 1. The third-order valence-corrected chi connectivity index (χ3v) is 8.73. The Morgan fingerprint density at radius 1 is 1.05 bits per heavy atom. The number of rotatable bonds is 13. The van der Waals surface area contributed by atoms with Crippen molar-refractivity contribution in [2.45, 2.75) is 85.9 Å². The smallest absolute Gasteiger partial charge is 0.377 e. The van der Waals surface area contributed by atoms with Gasteiger partial charge in [0.15, 0.2) is 11.5 Å². The van der Waals surface area contributed by atoms with Crippen LogP contribution in [0.25, 0.3) is 22.8 Å². The highest BCUT2D eigenvalue weighted by atomic mass is 16.5. The first kappa shape index (κ1) is 30.7. The van der Waals surface area contributed by atoms with E-state index >= 15 is 0 Å². The van der Waals surface area contributed by atoms with Crippen LogP contribution in [0.2, 0.25) is 0 Å². The Bertz CT molecular complexity index is 1530. The van der Waals surface area contributed by atoms with Crippen LogP contribution in [-0.2, 0) is 11.3 Å². The van der Waals surface area contributed by atoms with Gasteiger partial charge in [-0.3, -0.25) is 9.51 Å². The van der Waals surface area contributed by atoms with Gasteiger partial charge in [0, 0.05) is 25.7 Å². The van der Waals surface area contributed by atoms with E-state index in [0.29, 0.717) is 43.1 Å². The molecule has 0 saturated carbocycles. The number of aromatic nitrogens is 6. The number of benzene rings is 1. The van der Waals surface area contributed by atoms with Gasteiger partial charge in [-0.1, -0.05) is 76.0 Å². The van der Waals surface area contributed by atoms with Crippen LogP contribution >= 0.6 is 0 Å². The van der Waals surface area contributed by atoms with E-state index < -0.39 is 5.76 Å². The van der Waals surface area contributed by atoms with E-state index in [9.17, 15) is 4.79 Å². The number of morpholine rings is 1. The number of nitrogens with zero attached hydrogens (tertiary/aromatic N) is 7. The van der Waals surface area contributed by atoms with Gasteiger partial charge >= 0.3 is 5.76 Å². The summed E-state index contributed by atoms with van der Waals surface area (Å²) < 4.78 is 13.2. The molecule has 4 atom stereocenters. The lowest BCUT2D eigenvalue weighted by molar-refractivity contribution is 0.0928. The van der Waals surface area contributed by atoms with Crippen LogP contribution in [0.15, 0.2) is 39.6 Å². The van der Waals surface area contributed by atoms with Crippen molar-refractivity contribution >= 4 is 22.9 Å². The lowest BCUT2D eigenvalue weighted by atomic mass is 9.97. The van der Waals surface area contributed by atoms with Crippen LogP contribution in [0.4, 0.5) is 11.8 Å². The van der Waals surface area contributed by atoms with Crippen molar-refractivity contribution in [3.8, 4) is 11.6 Å². The number of hydrogen-bond donors (Lipinski definition) is 1. The van der Waals surface area contributed by atoms with Gasteiger partial charge in [0.25, 0.3) is 0 Å². The van der Waals surface area contributed by atoms with E-state index in [0.717, 1.165) is 56.1 Å². The fraction of sp³-hybridized carbons (Fsp3) is 0.594. The van der Waals surface area contributed by atoms with Gasteiger partial charge in [0.1, 0.15) is 5.52 Å². The molecule has 0 spiro atoms. The van der Waals surface area contributed by atoms with Crippen molar-refractivity contribution in [3.63, 3.8) is 0 Å². The molecule has 0 aliphatic carbocycles. The molecule has 1 unspecified atom stereocenters. The molecule has 4 heterocycles. The summed E-state index contributed by atoms with van der Waals surface area (Å²) in [5, 5.41) is 3.92. The summed E-state index contributed by atoms with van der Waals surface area (Å²) in [6.45, 7) is 16.9. The number of aromatic amines is 1. The summed E-state index contributed by atoms with van der Waals surface area (Å²) >= 11 is 0. The second-order valence-electron chi connectivity index (χ2n) is 11.9. The van der Waals surface area contributed by atoms with Crippen molar-refractivity contribution in [1.82, 2.24) is 29.7 Å². The Morgan fingerprint density at radius 3 is 2.49 bits per heavy atom. The van der Waals surface area contributed by atoms with Gasteiger partial charge in [-0.2, -0.15) is 4.98 Å². The molecule has 1 aromatic carbocycles. The molecule has 1 fully saturated rings. The summed E-state index contributed by atoms with van der Waals surface area (Å²) in [4.78, 5) is 34.5. The van der Waals surface area contributed by atoms with Crippen LogP contribution in [0.5, 0.6) is 0 Å². The zero-order valence-corrected chi connectivity index (χ0v) is 26.4. The summed E-state index contributed by atoms with van der Waals surface area (Å²) in [6.07, 6.45) is 4.43. The molecule has 1 N–H and O–H groups in total. The molecule has 1 saturated heterocycles. The third kappa shape index (κ3) is 6.46. The Balaban J connectivity index is 1.75. The highest BCUT2D eigenvalue weighted by Gasteiger charge is 2.33. The van der Waals surface area contributed by atoms with E-state index in [1.807, 2.05) is 6.07 Å². The Kier molecular flexibility index (Phi) is 9.79. The van der Waals surface area contributed by atoms with E-state index in [4.69, 9.17) is 24.2 Å². The third-order valence-electron chi connectivity index (χ3n) is 8.73. The normalized spacial score (nSPS) is 17.7. The molecule has 0 radical (unpaired) electrons. The minimum Gasteiger partial charge on any atom is -0.377 e. The van der Waals surface area contributed by atoms with Crippen molar-refractivity contribution in [2.24, 2.45) is 11.8 Å². The van der Waals surface area contributed by atoms with Crippen molar-refractivity contribution < 1.29 is 9.26 Å². The van der Waals surface area contributed by atoms with Crippen molar-refractivity contribution in [3.05, 3.63) is 46.4 Å². The van der Waals surface area contributed by atoms with Crippen LogP contribution in [0, 0.1) is 11.8 Å². The average molecular weight is 591 g/mol. The lowest BCUT2D eigenvalue weighted by Crippen LogP contribution is -2.41. The molecule has 11 heteroatoms. The monoisotopic (exact) mass is 590 g/mol. The minimum atomic E-state index is -0.642. The fourth-order valence-corrected chi connectivity index (χ4v) is 6.36. The molecule has 43 heavy (non-hydrogen) atoms. The van der Waals surface area contributed by atoms with Crippen LogP contribution in [-0.4, -0.2) is 62.0 Å². The number of imidazole rings is 1. The maximum Gasteiger partial charge on any atom is 0.439 e. The topological polar surface area (TPSA) is 118 Å². The predicted molar refractivity (Wildman–Crippen MR) is 169 cm³/mol. The van der Waals surface area contributed by atoms with Crippen molar-refractivity contribution in [2.75, 3.05) is 36.1 Å². The number of anilines is 2. The Labute approximate surface area is 253 Å².